The van der Waals surface area contributed by atoms with E-state index in [1.807, 2.05) is 7.05 Å². The Bertz CT molecular complexity index is 285. The maximum absolute atomic E-state index is 4.28. The molecule has 0 radical (unpaired) electrons. The summed E-state index contributed by atoms with van der Waals surface area (Å²) in [5, 5.41) is 6.81. The normalized spacial score (nSPS) is 17.7. The summed E-state index contributed by atoms with van der Waals surface area (Å²) in [6.45, 7) is 10.4. The number of hydrogen-bond acceptors (Lipinski definition) is 3. The third-order valence-corrected chi connectivity index (χ3v) is 4.34. The van der Waals surface area contributed by atoms with Gasteiger partial charge in [-0.1, -0.05) is 26.2 Å². The summed E-state index contributed by atoms with van der Waals surface area (Å²) in [7, 11) is 4.06. The zero-order valence-electron chi connectivity index (χ0n) is 15.0. The van der Waals surface area contributed by atoms with Crippen LogP contribution in [0.15, 0.2) is 4.99 Å². The second-order valence-electron chi connectivity index (χ2n) is 6.34. The number of rotatable bonds is 10. The summed E-state index contributed by atoms with van der Waals surface area (Å²) in [4.78, 5) is 9.28. The van der Waals surface area contributed by atoms with Gasteiger partial charge in [-0.05, 0) is 32.9 Å². The van der Waals surface area contributed by atoms with Gasteiger partial charge in [-0.15, -0.1) is 0 Å². The molecule has 0 amide bonds. The van der Waals surface area contributed by atoms with Gasteiger partial charge in [0.15, 0.2) is 5.96 Å². The van der Waals surface area contributed by atoms with Crippen LogP contribution in [0.3, 0.4) is 0 Å². The molecule has 1 fully saturated rings. The lowest BCUT2D eigenvalue weighted by atomic mass is 10.2. The van der Waals surface area contributed by atoms with Crippen LogP contribution in [-0.2, 0) is 0 Å². The van der Waals surface area contributed by atoms with Gasteiger partial charge in [0.2, 0.25) is 0 Å². The lowest BCUT2D eigenvalue weighted by Gasteiger charge is -2.32. The summed E-state index contributed by atoms with van der Waals surface area (Å²) in [5.74, 6) is 0.955. The van der Waals surface area contributed by atoms with Gasteiger partial charge in [0.25, 0.3) is 0 Å². The van der Waals surface area contributed by atoms with E-state index >= 15 is 0 Å². The minimum Gasteiger partial charge on any atom is -0.356 e. The summed E-state index contributed by atoms with van der Waals surface area (Å²) < 4.78 is 0. The number of piperazine rings is 1. The van der Waals surface area contributed by atoms with Crippen LogP contribution in [0.25, 0.3) is 0 Å². The van der Waals surface area contributed by atoms with E-state index in [0.29, 0.717) is 0 Å². The molecule has 0 aromatic heterocycles. The van der Waals surface area contributed by atoms with Crippen molar-refractivity contribution >= 4 is 5.96 Å². The van der Waals surface area contributed by atoms with E-state index in [9.17, 15) is 0 Å². The molecule has 1 saturated heterocycles. The van der Waals surface area contributed by atoms with Gasteiger partial charge in [-0.3, -0.25) is 4.99 Å². The highest BCUT2D eigenvalue weighted by Gasteiger charge is 2.12. The minimum absolute atomic E-state index is 0.955. The van der Waals surface area contributed by atoms with E-state index in [-0.39, 0.29) is 0 Å². The summed E-state index contributed by atoms with van der Waals surface area (Å²) >= 11 is 0. The predicted molar refractivity (Wildman–Crippen MR) is 96.7 cm³/mol. The Balaban J connectivity index is 1.95. The van der Waals surface area contributed by atoms with Crippen LogP contribution in [0.1, 0.15) is 45.4 Å². The molecule has 0 unspecified atom stereocenters. The smallest absolute Gasteiger partial charge is 0.190 e. The van der Waals surface area contributed by atoms with Crippen molar-refractivity contribution in [3.63, 3.8) is 0 Å². The second-order valence-corrected chi connectivity index (χ2v) is 6.34. The van der Waals surface area contributed by atoms with E-state index < -0.39 is 0 Å². The van der Waals surface area contributed by atoms with E-state index in [1.54, 1.807) is 0 Å². The van der Waals surface area contributed by atoms with Crippen LogP contribution in [0, 0.1) is 0 Å². The van der Waals surface area contributed by atoms with Crippen molar-refractivity contribution < 1.29 is 0 Å². The topological polar surface area (TPSA) is 42.9 Å². The van der Waals surface area contributed by atoms with E-state index in [0.717, 1.165) is 19.0 Å². The average Bonchev–Trinajstić information content (AvgIpc) is 2.54. The Kier molecular flexibility index (Phi) is 11.1. The van der Waals surface area contributed by atoms with E-state index in [4.69, 9.17) is 0 Å². The van der Waals surface area contributed by atoms with Crippen LogP contribution in [0.5, 0.6) is 0 Å². The Morgan fingerprint density at radius 3 is 2.14 bits per heavy atom. The first-order valence-electron chi connectivity index (χ1n) is 9.11. The largest absolute Gasteiger partial charge is 0.356 e. The molecular weight excluding hydrogens is 274 g/mol. The summed E-state index contributed by atoms with van der Waals surface area (Å²) in [6.07, 6.45) is 7.65. The minimum atomic E-state index is 0.955. The lowest BCUT2D eigenvalue weighted by Crippen LogP contribution is -2.44. The number of aliphatic imine (C=N–C) groups is 1. The number of hydrogen-bond donors (Lipinski definition) is 2. The van der Waals surface area contributed by atoms with Crippen molar-refractivity contribution in [3.05, 3.63) is 0 Å². The molecular formula is C17H37N5. The molecule has 0 aliphatic carbocycles. The molecule has 1 aliphatic heterocycles. The maximum atomic E-state index is 4.28. The molecule has 22 heavy (non-hydrogen) atoms. The number of nitrogens with one attached hydrogen (secondary N) is 2. The predicted octanol–water partition coefficient (Wildman–Crippen LogP) is 1.76. The summed E-state index contributed by atoms with van der Waals surface area (Å²) in [5.41, 5.74) is 0. The molecule has 1 aliphatic rings. The van der Waals surface area contributed by atoms with Crippen molar-refractivity contribution in [2.75, 3.05) is 59.9 Å². The fourth-order valence-corrected chi connectivity index (χ4v) is 2.72. The molecule has 1 heterocycles. The van der Waals surface area contributed by atoms with Crippen LogP contribution in [-0.4, -0.2) is 75.7 Å². The SMILES string of the molecule is CCCCCCNC(=NC)NCCCCN1CCN(C)CC1. The maximum Gasteiger partial charge on any atom is 0.190 e. The van der Waals surface area contributed by atoms with Crippen LogP contribution >= 0.6 is 0 Å². The Hall–Kier alpha value is -0.810. The van der Waals surface area contributed by atoms with Crippen molar-refractivity contribution in [3.8, 4) is 0 Å². The fraction of sp³-hybridized carbons (Fsp3) is 0.941. The summed E-state index contributed by atoms with van der Waals surface area (Å²) in [6, 6.07) is 0. The number of likely N-dealkylation sites (N-methyl/N-ethyl adjacent to an activating group) is 1. The quantitative estimate of drug-likeness (QED) is 0.366. The van der Waals surface area contributed by atoms with Gasteiger partial charge < -0.3 is 20.4 Å². The van der Waals surface area contributed by atoms with Gasteiger partial charge in [0.1, 0.15) is 0 Å². The van der Waals surface area contributed by atoms with E-state index in [1.165, 1.54) is 71.2 Å². The molecule has 0 saturated carbocycles. The first kappa shape index (κ1) is 19.2. The molecule has 0 aromatic carbocycles. The highest BCUT2D eigenvalue weighted by molar-refractivity contribution is 5.79. The first-order valence-corrected chi connectivity index (χ1v) is 9.11. The third kappa shape index (κ3) is 9.26. The molecule has 2 N–H and O–H groups in total. The Labute approximate surface area is 137 Å². The standard InChI is InChI=1S/C17H37N5/c1-4-5-6-7-10-19-17(18-2)20-11-8-9-12-22-15-13-21(3)14-16-22/h4-16H2,1-3H3,(H2,18,19,20). The molecule has 0 bridgehead atoms. The monoisotopic (exact) mass is 311 g/mol. The van der Waals surface area contributed by atoms with Gasteiger partial charge in [0, 0.05) is 46.3 Å². The van der Waals surface area contributed by atoms with E-state index in [2.05, 4.69) is 39.4 Å². The Morgan fingerprint density at radius 2 is 1.55 bits per heavy atom. The molecule has 1 rings (SSSR count). The van der Waals surface area contributed by atoms with Gasteiger partial charge in [-0.2, -0.15) is 0 Å². The van der Waals surface area contributed by atoms with Crippen molar-refractivity contribution in [2.24, 2.45) is 4.99 Å². The molecule has 0 aromatic rings. The van der Waals surface area contributed by atoms with Gasteiger partial charge in [0.05, 0.1) is 0 Å². The second kappa shape index (κ2) is 12.7. The fourth-order valence-electron chi connectivity index (χ4n) is 2.72. The molecule has 5 heteroatoms. The van der Waals surface area contributed by atoms with Crippen molar-refractivity contribution in [1.82, 2.24) is 20.4 Å². The number of unbranched alkanes of at least 4 members (excludes halogenated alkanes) is 4. The average molecular weight is 312 g/mol. The van der Waals surface area contributed by atoms with Gasteiger partial charge in [-0.25, -0.2) is 0 Å². The molecule has 130 valence electrons. The van der Waals surface area contributed by atoms with Gasteiger partial charge >= 0.3 is 0 Å². The van der Waals surface area contributed by atoms with Crippen LogP contribution < -0.4 is 10.6 Å². The number of guanidine groups is 1. The van der Waals surface area contributed by atoms with Crippen LogP contribution in [0.2, 0.25) is 0 Å². The molecule has 0 atom stereocenters. The lowest BCUT2D eigenvalue weighted by molar-refractivity contribution is 0.152. The highest BCUT2D eigenvalue weighted by atomic mass is 15.2. The zero-order valence-corrected chi connectivity index (χ0v) is 15.0. The van der Waals surface area contributed by atoms with Crippen molar-refractivity contribution in [2.45, 2.75) is 45.4 Å². The van der Waals surface area contributed by atoms with Crippen LogP contribution in [0.4, 0.5) is 0 Å². The Morgan fingerprint density at radius 1 is 0.909 bits per heavy atom. The zero-order chi connectivity index (χ0) is 16.0. The first-order chi connectivity index (χ1) is 10.8. The van der Waals surface area contributed by atoms with Crippen molar-refractivity contribution in [1.29, 1.82) is 0 Å². The highest BCUT2D eigenvalue weighted by Crippen LogP contribution is 2.01. The molecule has 0 spiro atoms. The molecule has 5 nitrogen and oxygen atoms in total. The number of nitrogens with zero attached hydrogens (tertiary/aromatic N) is 3. The third-order valence-electron chi connectivity index (χ3n) is 4.34.